The molecule has 0 fully saturated rings. The third-order valence-electron chi connectivity index (χ3n) is 7.89. The first-order valence-electron chi connectivity index (χ1n) is 14.8. The maximum atomic E-state index is 14.5. The zero-order valence-electron chi connectivity index (χ0n) is 25.9. The molecule has 8 nitrogen and oxygen atoms in total. The minimum absolute atomic E-state index is 0.240. The zero-order valence-corrected chi connectivity index (χ0v) is 25.9. The highest BCUT2D eigenvalue weighted by Crippen LogP contribution is 2.27. The Hall–Kier alpha value is -4.82. The monoisotopic (exact) mass is 589 g/mol. The number of aromatic nitrogens is 2. The van der Waals surface area contributed by atoms with E-state index in [0.717, 1.165) is 32.7 Å². The third-order valence-corrected chi connectivity index (χ3v) is 7.89. The fraction of sp³-hybridized carbons (Fsp3) is 0.278. The van der Waals surface area contributed by atoms with Crippen LogP contribution in [0.3, 0.4) is 0 Å². The van der Waals surface area contributed by atoms with Crippen LogP contribution in [-0.4, -0.2) is 57.4 Å². The Morgan fingerprint density at radius 1 is 0.841 bits per heavy atom. The summed E-state index contributed by atoms with van der Waals surface area (Å²) in [6, 6.07) is 27.2. The van der Waals surface area contributed by atoms with Crippen LogP contribution in [0.1, 0.15) is 42.7 Å². The molecule has 0 bridgehead atoms. The first-order chi connectivity index (χ1) is 21.0. The van der Waals surface area contributed by atoms with Gasteiger partial charge >= 0.3 is 0 Å². The van der Waals surface area contributed by atoms with Gasteiger partial charge in [0.15, 0.2) is 5.82 Å². The van der Waals surface area contributed by atoms with Crippen LogP contribution in [0.25, 0.3) is 21.5 Å². The van der Waals surface area contributed by atoms with Gasteiger partial charge in [0.2, 0.25) is 17.7 Å². The summed E-state index contributed by atoms with van der Waals surface area (Å²) >= 11 is 0. The van der Waals surface area contributed by atoms with E-state index in [1.54, 1.807) is 32.0 Å². The number of carbonyl (C=O) groups is 2. The van der Waals surface area contributed by atoms with Gasteiger partial charge in [-0.2, -0.15) is 4.98 Å². The molecule has 5 aromatic rings. The van der Waals surface area contributed by atoms with Crippen LogP contribution in [0.2, 0.25) is 0 Å². The first kappa shape index (κ1) is 30.6. The number of hydrogen-bond acceptors (Lipinski definition) is 6. The van der Waals surface area contributed by atoms with Gasteiger partial charge in [-0.15, -0.1) is 0 Å². The van der Waals surface area contributed by atoms with Crippen LogP contribution in [0, 0.1) is 6.92 Å². The molecule has 0 saturated carbocycles. The molecule has 1 aromatic heterocycles. The van der Waals surface area contributed by atoms with E-state index in [9.17, 15) is 9.59 Å². The number of carbonyl (C=O) groups excluding carboxylic acids is 2. The van der Waals surface area contributed by atoms with Crippen LogP contribution in [0.5, 0.6) is 0 Å². The van der Waals surface area contributed by atoms with Gasteiger partial charge < -0.3 is 20.1 Å². The number of nitrogens with two attached hydrogens (primary N) is 1. The minimum atomic E-state index is -0.803. The fourth-order valence-electron chi connectivity index (χ4n) is 5.35. The summed E-state index contributed by atoms with van der Waals surface area (Å²) in [7, 11) is 3.39. The SMILES string of the molecule is Cc1noc([C@@H](Cc2ccc3ccccc3c2)N(C)C(=O)C(Cc2ccc3ccccc3c2)N(C)C(=O)/C=C/C(C)(C)N)n1. The molecule has 2 atom stereocenters. The van der Waals surface area contributed by atoms with Crippen molar-refractivity contribution in [3.63, 3.8) is 0 Å². The summed E-state index contributed by atoms with van der Waals surface area (Å²) in [5, 5.41) is 8.43. The standard InChI is InChI=1S/C36H39N5O3/c1-24-38-34(44-39-24)31(22-25-14-16-27-10-6-8-12-29(27)20-25)41(5)35(43)32(40(4)33(42)18-19-36(2,3)37)23-26-15-17-28-11-7-9-13-30(28)21-26/h6-21,31-32H,22-23,37H2,1-5H3/b19-18+/t31-,32?/m1/s1. The predicted octanol–water partition coefficient (Wildman–Crippen LogP) is 5.79. The topological polar surface area (TPSA) is 106 Å². The van der Waals surface area contributed by atoms with E-state index in [0.29, 0.717) is 24.6 Å². The molecule has 1 heterocycles. The molecule has 1 unspecified atom stereocenters. The smallest absolute Gasteiger partial charge is 0.249 e. The van der Waals surface area contributed by atoms with Gasteiger partial charge in [-0.05, 0) is 53.4 Å². The van der Waals surface area contributed by atoms with Crippen molar-refractivity contribution < 1.29 is 14.1 Å². The minimum Gasteiger partial charge on any atom is -0.337 e. The molecule has 0 radical (unpaired) electrons. The number of likely N-dealkylation sites (N-methyl/N-ethyl adjacent to an activating group) is 2. The molecular weight excluding hydrogens is 550 g/mol. The van der Waals surface area contributed by atoms with E-state index in [4.69, 9.17) is 10.3 Å². The fourth-order valence-corrected chi connectivity index (χ4v) is 5.35. The molecule has 0 aliphatic carbocycles. The molecule has 2 N–H and O–H groups in total. The zero-order chi connectivity index (χ0) is 31.4. The Morgan fingerprint density at radius 2 is 1.39 bits per heavy atom. The lowest BCUT2D eigenvalue weighted by Crippen LogP contribution is -2.50. The van der Waals surface area contributed by atoms with Crippen molar-refractivity contribution in [3.05, 3.63) is 120 Å². The molecular formula is C36H39N5O3. The number of fused-ring (bicyclic) bond motifs is 2. The summed E-state index contributed by atoms with van der Waals surface area (Å²) < 4.78 is 5.63. The summed E-state index contributed by atoms with van der Waals surface area (Å²) in [6.07, 6.45) is 3.86. The quantitative estimate of drug-likeness (QED) is 0.207. The molecule has 44 heavy (non-hydrogen) atoms. The lowest BCUT2D eigenvalue weighted by atomic mass is 9.97. The Morgan fingerprint density at radius 3 is 1.91 bits per heavy atom. The number of amides is 2. The molecule has 0 spiro atoms. The van der Waals surface area contributed by atoms with Crippen LogP contribution in [0.15, 0.2) is 102 Å². The Labute approximate surface area is 258 Å². The van der Waals surface area contributed by atoms with Gasteiger partial charge in [0.25, 0.3) is 0 Å². The normalized spacial score (nSPS) is 13.3. The van der Waals surface area contributed by atoms with Crippen molar-refractivity contribution in [2.24, 2.45) is 5.73 Å². The van der Waals surface area contributed by atoms with E-state index in [-0.39, 0.29) is 11.8 Å². The Kier molecular flexibility index (Phi) is 8.92. The molecule has 2 amide bonds. The summed E-state index contributed by atoms with van der Waals surface area (Å²) in [5.74, 6) is 0.278. The van der Waals surface area contributed by atoms with Crippen LogP contribution < -0.4 is 5.73 Å². The number of benzene rings is 4. The van der Waals surface area contributed by atoms with Crippen molar-refractivity contribution in [2.45, 2.75) is 51.2 Å². The van der Waals surface area contributed by atoms with Gasteiger partial charge in [-0.1, -0.05) is 96.2 Å². The van der Waals surface area contributed by atoms with Gasteiger partial charge in [-0.25, -0.2) is 0 Å². The number of hydrogen-bond donors (Lipinski definition) is 1. The van der Waals surface area contributed by atoms with E-state index in [1.807, 2.05) is 62.4 Å². The maximum absolute atomic E-state index is 14.5. The van der Waals surface area contributed by atoms with E-state index >= 15 is 0 Å². The second-order valence-electron chi connectivity index (χ2n) is 12.0. The molecule has 0 saturated heterocycles. The second-order valence-corrected chi connectivity index (χ2v) is 12.0. The highest BCUT2D eigenvalue weighted by Gasteiger charge is 2.35. The van der Waals surface area contributed by atoms with Crippen molar-refractivity contribution in [3.8, 4) is 0 Å². The average molecular weight is 590 g/mol. The van der Waals surface area contributed by atoms with Crippen molar-refractivity contribution in [2.75, 3.05) is 14.1 Å². The van der Waals surface area contributed by atoms with E-state index in [2.05, 4.69) is 46.5 Å². The molecule has 4 aromatic carbocycles. The second kappa shape index (κ2) is 12.8. The van der Waals surface area contributed by atoms with Gasteiger partial charge in [0.1, 0.15) is 12.1 Å². The number of rotatable bonds is 10. The molecule has 5 rings (SSSR count). The molecule has 0 aliphatic rings. The van der Waals surface area contributed by atoms with Crippen molar-refractivity contribution in [1.29, 1.82) is 0 Å². The summed E-state index contributed by atoms with van der Waals surface area (Å²) in [5.41, 5.74) is 7.39. The maximum Gasteiger partial charge on any atom is 0.249 e. The van der Waals surface area contributed by atoms with Crippen molar-refractivity contribution in [1.82, 2.24) is 19.9 Å². The highest BCUT2D eigenvalue weighted by atomic mass is 16.5. The lowest BCUT2D eigenvalue weighted by molar-refractivity contribution is -0.143. The number of nitrogens with zero attached hydrogens (tertiary/aromatic N) is 4. The highest BCUT2D eigenvalue weighted by molar-refractivity contribution is 5.93. The molecule has 0 aliphatic heterocycles. The Balaban J connectivity index is 1.49. The largest absolute Gasteiger partial charge is 0.337 e. The molecule has 8 heteroatoms. The van der Waals surface area contributed by atoms with Gasteiger partial charge in [0, 0.05) is 38.6 Å². The van der Waals surface area contributed by atoms with Crippen LogP contribution in [-0.2, 0) is 22.4 Å². The van der Waals surface area contributed by atoms with E-state index in [1.165, 1.54) is 11.0 Å². The lowest BCUT2D eigenvalue weighted by Gasteiger charge is -2.33. The molecule has 226 valence electrons. The van der Waals surface area contributed by atoms with Gasteiger partial charge in [-0.3, -0.25) is 9.59 Å². The number of aryl methyl sites for hydroxylation is 1. The summed E-state index contributed by atoms with van der Waals surface area (Å²) in [4.78, 5) is 35.5. The average Bonchev–Trinajstić information content (AvgIpc) is 3.45. The first-order valence-corrected chi connectivity index (χ1v) is 14.8. The van der Waals surface area contributed by atoms with Crippen LogP contribution in [0.4, 0.5) is 0 Å². The van der Waals surface area contributed by atoms with Crippen LogP contribution >= 0.6 is 0 Å². The predicted molar refractivity (Wildman–Crippen MR) is 174 cm³/mol. The third kappa shape index (κ3) is 7.21. The van der Waals surface area contributed by atoms with Gasteiger partial charge in [0.05, 0.1) is 0 Å². The van der Waals surface area contributed by atoms with Crippen molar-refractivity contribution >= 4 is 33.4 Å². The summed E-state index contributed by atoms with van der Waals surface area (Å²) in [6.45, 7) is 5.38. The van der Waals surface area contributed by atoms with E-state index < -0.39 is 17.6 Å². The Bertz CT molecular complexity index is 1820.